The van der Waals surface area contributed by atoms with Gasteiger partial charge in [-0.3, -0.25) is 38.6 Å². The number of benzene rings is 2. The van der Waals surface area contributed by atoms with Crippen molar-refractivity contribution in [2.75, 3.05) is 77.2 Å². The fourth-order valence-electron chi connectivity index (χ4n) is 8.02. The van der Waals surface area contributed by atoms with E-state index in [1.165, 1.54) is 0 Å². The molecular formula is C44H55N9O11. The van der Waals surface area contributed by atoms with Gasteiger partial charge in [0.2, 0.25) is 17.8 Å². The Kier molecular flexibility index (Phi) is 15.7. The second kappa shape index (κ2) is 21.9. The summed E-state index contributed by atoms with van der Waals surface area (Å²) in [6.07, 6.45) is 8.56. The highest BCUT2D eigenvalue weighted by atomic mass is 16.6. The number of carbonyl (C=O) groups is 5. The molecule has 5 amide bonds. The number of imide groups is 2. The van der Waals surface area contributed by atoms with Gasteiger partial charge >= 0.3 is 0 Å². The van der Waals surface area contributed by atoms with Crippen molar-refractivity contribution in [3.05, 3.63) is 71.0 Å². The predicted molar refractivity (Wildman–Crippen MR) is 232 cm³/mol. The number of methoxy groups -OCH3 is 1. The predicted octanol–water partition coefficient (Wildman–Crippen LogP) is 2.74. The summed E-state index contributed by atoms with van der Waals surface area (Å²) in [7, 11) is 1.55. The third-order valence-electron chi connectivity index (χ3n) is 11.2. The van der Waals surface area contributed by atoms with Gasteiger partial charge in [0.05, 0.1) is 64.5 Å². The highest BCUT2D eigenvalue weighted by Gasteiger charge is 2.45. The van der Waals surface area contributed by atoms with E-state index in [1.54, 1.807) is 60.3 Å². The summed E-state index contributed by atoms with van der Waals surface area (Å²) in [4.78, 5) is 73.1. The molecule has 0 spiro atoms. The van der Waals surface area contributed by atoms with Crippen molar-refractivity contribution >= 4 is 52.6 Å². The Morgan fingerprint density at radius 3 is 2.28 bits per heavy atom. The smallest absolute Gasteiger partial charge is 0.262 e. The molecule has 2 aromatic heterocycles. The number of nitrogens with two attached hydrogens (primary N) is 2. The molecule has 1 aliphatic carbocycles. The number of carbonyl (C=O) groups excluding carboxylic acids is 5. The summed E-state index contributed by atoms with van der Waals surface area (Å²) in [5.41, 5.74) is 14.6. The van der Waals surface area contributed by atoms with E-state index in [-0.39, 0.29) is 48.5 Å². The number of piperidine rings is 1. The maximum Gasteiger partial charge on any atom is 0.262 e. The van der Waals surface area contributed by atoms with Crippen LogP contribution in [0.4, 0.5) is 17.5 Å². The number of fused-ring (bicyclic) bond motifs is 2. The van der Waals surface area contributed by atoms with Gasteiger partial charge in [-0.2, -0.15) is 4.98 Å². The SMILES string of the molecule is COc1cc(Nc2nc(N[C@H]3CCCC[C@H]3N)n3ccnc3c2C(N)=O)cc(OCCOCCOCCOCCOCCCc2cccc3c2C(=O)N(C2CCC(=O)NC2=O)C3=O)c1. The lowest BCUT2D eigenvalue weighted by molar-refractivity contribution is -0.136. The van der Waals surface area contributed by atoms with E-state index in [0.29, 0.717) is 106 Å². The number of nitrogens with zero attached hydrogens (tertiary/aromatic N) is 4. The molecule has 1 unspecified atom stereocenters. The summed E-state index contributed by atoms with van der Waals surface area (Å²) < 4.78 is 35.8. The molecule has 3 atom stereocenters. The Morgan fingerprint density at radius 1 is 0.875 bits per heavy atom. The topological polar surface area (TPSA) is 262 Å². The van der Waals surface area contributed by atoms with Crippen molar-refractivity contribution in [2.45, 2.75) is 69.5 Å². The minimum Gasteiger partial charge on any atom is -0.497 e. The number of amides is 5. The van der Waals surface area contributed by atoms with Crippen LogP contribution in [0.5, 0.6) is 11.5 Å². The fourth-order valence-corrected chi connectivity index (χ4v) is 8.02. The van der Waals surface area contributed by atoms with E-state index in [2.05, 4.69) is 20.9 Å². The van der Waals surface area contributed by atoms with Gasteiger partial charge in [-0.25, -0.2) is 4.98 Å². The Bertz CT molecular complexity index is 2320. The van der Waals surface area contributed by atoms with Gasteiger partial charge in [-0.05, 0) is 43.7 Å². The average Bonchev–Trinajstić information content (AvgIpc) is 3.86. The first-order chi connectivity index (χ1) is 31.1. The zero-order valence-electron chi connectivity index (χ0n) is 35.8. The quantitative estimate of drug-likeness (QED) is 0.0500. The van der Waals surface area contributed by atoms with E-state index < -0.39 is 35.6 Å². The molecule has 1 saturated heterocycles. The molecule has 64 heavy (non-hydrogen) atoms. The molecule has 1 saturated carbocycles. The first-order valence-electron chi connectivity index (χ1n) is 21.5. The Balaban J connectivity index is 0.763. The summed E-state index contributed by atoms with van der Waals surface area (Å²) in [5, 5.41) is 8.90. The van der Waals surface area contributed by atoms with Gasteiger partial charge in [0.25, 0.3) is 17.7 Å². The van der Waals surface area contributed by atoms with Crippen LogP contribution in [0, 0.1) is 0 Å². The number of hydrogen-bond acceptors (Lipinski definition) is 16. The molecule has 2 fully saturated rings. The van der Waals surface area contributed by atoms with Crippen LogP contribution in [0.15, 0.2) is 48.8 Å². The number of rotatable bonds is 24. The maximum atomic E-state index is 13.3. The fraction of sp³-hybridized carbons (Fsp3) is 0.477. The molecular weight excluding hydrogens is 831 g/mol. The van der Waals surface area contributed by atoms with Crippen molar-refractivity contribution in [2.24, 2.45) is 11.5 Å². The van der Waals surface area contributed by atoms with E-state index in [1.807, 2.05) is 0 Å². The van der Waals surface area contributed by atoms with Crippen molar-refractivity contribution in [1.29, 1.82) is 0 Å². The van der Waals surface area contributed by atoms with Crippen LogP contribution in [0.2, 0.25) is 0 Å². The lowest BCUT2D eigenvalue weighted by atomic mass is 9.91. The summed E-state index contributed by atoms with van der Waals surface area (Å²) in [5.74, 6) is -1.03. The van der Waals surface area contributed by atoms with Crippen molar-refractivity contribution in [1.82, 2.24) is 24.6 Å². The highest BCUT2D eigenvalue weighted by molar-refractivity contribution is 6.24. The van der Waals surface area contributed by atoms with Gasteiger partial charge in [-0.15, -0.1) is 0 Å². The average molecular weight is 886 g/mol. The second-order valence-electron chi connectivity index (χ2n) is 15.6. The molecule has 4 heterocycles. The summed E-state index contributed by atoms with van der Waals surface area (Å²) >= 11 is 0. The van der Waals surface area contributed by atoms with Crippen molar-refractivity contribution < 1.29 is 52.4 Å². The zero-order chi connectivity index (χ0) is 45.0. The van der Waals surface area contributed by atoms with Gasteiger partial charge in [0.1, 0.15) is 29.7 Å². The number of aromatic nitrogens is 3. The van der Waals surface area contributed by atoms with Crippen LogP contribution in [-0.2, 0) is 35.0 Å². The van der Waals surface area contributed by atoms with Crippen LogP contribution in [0.1, 0.15) is 81.6 Å². The molecule has 20 heteroatoms. The summed E-state index contributed by atoms with van der Waals surface area (Å²) in [6.45, 7) is 3.23. The number of imidazole rings is 1. The monoisotopic (exact) mass is 885 g/mol. The number of primary amides is 1. The maximum absolute atomic E-state index is 13.3. The number of hydrogen-bond donors (Lipinski definition) is 5. The van der Waals surface area contributed by atoms with Crippen LogP contribution >= 0.6 is 0 Å². The number of aryl methyl sites for hydroxylation is 1. The number of ether oxygens (including phenoxy) is 6. The van der Waals surface area contributed by atoms with Crippen LogP contribution in [0.25, 0.3) is 5.65 Å². The molecule has 7 N–H and O–H groups in total. The molecule has 4 aromatic rings. The first-order valence-corrected chi connectivity index (χ1v) is 21.5. The van der Waals surface area contributed by atoms with Gasteiger partial charge in [0.15, 0.2) is 11.5 Å². The van der Waals surface area contributed by atoms with Gasteiger partial charge in [-0.1, -0.05) is 25.0 Å². The van der Waals surface area contributed by atoms with E-state index in [9.17, 15) is 24.0 Å². The third kappa shape index (κ3) is 11.1. The van der Waals surface area contributed by atoms with Crippen LogP contribution < -0.4 is 36.9 Å². The summed E-state index contributed by atoms with van der Waals surface area (Å²) in [6, 6.07) is 9.34. The van der Waals surface area contributed by atoms with Gasteiger partial charge < -0.3 is 50.5 Å². The molecule has 3 aliphatic rings. The molecule has 20 nitrogen and oxygen atoms in total. The second-order valence-corrected chi connectivity index (χ2v) is 15.6. The van der Waals surface area contributed by atoms with Crippen LogP contribution in [-0.4, -0.2) is 134 Å². The van der Waals surface area contributed by atoms with E-state index in [0.717, 1.165) is 30.6 Å². The zero-order valence-corrected chi connectivity index (χ0v) is 35.8. The Labute approximate surface area is 369 Å². The third-order valence-corrected chi connectivity index (χ3v) is 11.2. The lowest BCUT2D eigenvalue weighted by Crippen LogP contribution is -2.54. The highest BCUT2D eigenvalue weighted by Crippen LogP contribution is 2.33. The molecule has 2 aliphatic heterocycles. The van der Waals surface area contributed by atoms with Crippen LogP contribution in [0.3, 0.4) is 0 Å². The minimum absolute atomic E-state index is 0.0154. The number of nitrogens with one attached hydrogen (secondary N) is 3. The molecule has 0 radical (unpaired) electrons. The van der Waals surface area contributed by atoms with Crippen molar-refractivity contribution in [3.8, 4) is 11.5 Å². The molecule has 2 aromatic carbocycles. The lowest BCUT2D eigenvalue weighted by Gasteiger charge is -2.30. The normalized spacial score (nSPS) is 18.6. The van der Waals surface area contributed by atoms with E-state index >= 15 is 0 Å². The molecule has 7 rings (SSSR count). The first kappa shape index (κ1) is 45.8. The molecule has 0 bridgehead atoms. The molecule has 342 valence electrons. The largest absolute Gasteiger partial charge is 0.497 e. The van der Waals surface area contributed by atoms with Crippen molar-refractivity contribution in [3.63, 3.8) is 0 Å². The number of anilines is 3. The Morgan fingerprint density at radius 2 is 1.58 bits per heavy atom. The van der Waals surface area contributed by atoms with Gasteiger partial charge in [0, 0.05) is 61.4 Å². The minimum atomic E-state index is -1.00. The standard InChI is InChI=1S/C44H55N9O11/c1-59-29-24-28(48-39-37(38(46)55)40-47-13-14-52(40)44(51-39)49-33-10-3-2-9-32(33)45)25-30(26-29)64-23-22-63-21-20-62-19-18-61-17-16-60-15-5-7-27-6-4-8-31-36(27)43(58)53(42(31)57)34-11-12-35(54)50-41(34)56/h4,6,8,13-14,24-26,32-34,48H,2-3,5,7,9-12,15-23,45H2,1H3,(H2,46,55)(H,49,51)(H,50,54,56)/t32-,33+,34?/m1/s1. The Hall–Kier alpha value is -6.19. The van der Waals surface area contributed by atoms with E-state index in [4.69, 9.17) is 44.9 Å².